The molecule has 12 aromatic carbocycles. The fraction of sp³-hybridized carbons (Fsp3) is 0.0149. The van der Waals surface area contributed by atoms with Crippen LogP contribution >= 0.6 is 11.3 Å². The lowest BCUT2D eigenvalue weighted by atomic mass is 9.70. The van der Waals surface area contributed by atoms with Gasteiger partial charge in [-0.1, -0.05) is 200 Å². The third kappa shape index (κ3) is 5.52. The highest BCUT2D eigenvalue weighted by Gasteiger charge is 2.51. The summed E-state index contributed by atoms with van der Waals surface area (Å²) < 4.78 is 2.66. The molecule has 2 aliphatic carbocycles. The maximum absolute atomic E-state index is 2.46. The van der Waals surface area contributed by atoms with Gasteiger partial charge in [-0.15, -0.1) is 11.3 Å². The standard InChI is InChI=1S/C67H41NS/c1-2-15-51-49(13-1)50-14-3-4-16-52(50)59-40-47(34-37-53(51)59)68(46-32-29-43(30-33-46)42-25-27-44(28-26-42)45-31-36-58-57-20-8-12-24-65(57)69-66(58)39-45)48-35-38-64-60(41-48)56-19-7-11-23-63(56)67(64)61-21-9-5-17-54(61)55-18-6-10-22-62(55)67/h1-41H. The van der Waals surface area contributed by atoms with Crippen molar-refractivity contribution in [3.05, 3.63) is 271 Å². The molecule has 0 unspecified atom stereocenters. The van der Waals surface area contributed by atoms with Crippen LogP contribution in [0.2, 0.25) is 0 Å². The van der Waals surface area contributed by atoms with Crippen molar-refractivity contribution in [2.45, 2.75) is 5.41 Å². The van der Waals surface area contributed by atoms with Crippen molar-refractivity contribution in [1.82, 2.24) is 0 Å². The number of fused-ring (bicyclic) bond motifs is 19. The van der Waals surface area contributed by atoms with Gasteiger partial charge in [0.25, 0.3) is 0 Å². The van der Waals surface area contributed by atoms with Crippen LogP contribution in [0, 0.1) is 0 Å². The zero-order valence-electron chi connectivity index (χ0n) is 37.5. The number of nitrogens with zero attached hydrogens (tertiary/aromatic N) is 1. The molecule has 1 nitrogen and oxygen atoms in total. The lowest BCUT2D eigenvalue weighted by Crippen LogP contribution is -2.25. The van der Waals surface area contributed by atoms with Gasteiger partial charge in [0.05, 0.1) is 5.41 Å². The lowest BCUT2D eigenvalue weighted by Gasteiger charge is -2.31. The first-order valence-corrected chi connectivity index (χ1v) is 24.7. The highest BCUT2D eigenvalue weighted by molar-refractivity contribution is 7.25. The number of anilines is 3. The van der Waals surface area contributed by atoms with Crippen LogP contribution in [-0.4, -0.2) is 0 Å². The average molecular weight is 892 g/mol. The summed E-state index contributed by atoms with van der Waals surface area (Å²) in [5, 5.41) is 10.3. The molecule has 1 spiro atoms. The number of rotatable bonds is 5. The summed E-state index contributed by atoms with van der Waals surface area (Å²) in [6.45, 7) is 0. The Labute approximate surface area is 404 Å². The van der Waals surface area contributed by atoms with Crippen molar-refractivity contribution in [3.63, 3.8) is 0 Å². The minimum Gasteiger partial charge on any atom is -0.310 e. The molecule has 0 saturated carbocycles. The molecule has 0 aliphatic heterocycles. The van der Waals surface area contributed by atoms with Crippen LogP contribution in [0.25, 0.3) is 97.0 Å². The SMILES string of the molecule is c1ccc2c(c1)-c1ccccc1C21c2ccccc2-c2cc(N(c3ccc(-c4ccc(-c5ccc6c(c5)sc5ccccc56)cc4)cc3)c3ccc4c5ccccc5c5ccccc5c4c3)ccc21. The van der Waals surface area contributed by atoms with Crippen molar-refractivity contribution in [3.8, 4) is 44.5 Å². The van der Waals surface area contributed by atoms with Gasteiger partial charge in [-0.3, -0.25) is 0 Å². The highest BCUT2D eigenvalue weighted by Crippen LogP contribution is 2.63. The van der Waals surface area contributed by atoms with E-state index in [9.17, 15) is 0 Å². The van der Waals surface area contributed by atoms with Crippen molar-refractivity contribution in [2.24, 2.45) is 0 Å². The summed E-state index contributed by atoms with van der Waals surface area (Å²) in [7, 11) is 0. The van der Waals surface area contributed by atoms with E-state index in [2.05, 4.69) is 254 Å². The molecular formula is C67H41NS. The van der Waals surface area contributed by atoms with E-state index < -0.39 is 5.41 Å². The second-order valence-corrected chi connectivity index (χ2v) is 19.8. The molecule has 2 heteroatoms. The van der Waals surface area contributed by atoms with E-state index in [-0.39, 0.29) is 0 Å². The van der Waals surface area contributed by atoms with E-state index in [1.54, 1.807) is 0 Å². The van der Waals surface area contributed by atoms with Crippen molar-refractivity contribution < 1.29 is 0 Å². The molecule has 0 N–H and O–H groups in total. The Morgan fingerprint density at radius 2 is 0.638 bits per heavy atom. The number of hydrogen-bond acceptors (Lipinski definition) is 2. The molecule has 0 fully saturated rings. The van der Waals surface area contributed by atoms with Gasteiger partial charge < -0.3 is 4.90 Å². The zero-order valence-corrected chi connectivity index (χ0v) is 38.3. The topological polar surface area (TPSA) is 3.24 Å². The molecule has 0 amide bonds. The van der Waals surface area contributed by atoms with E-state index in [0.717, 1.165) is 17.1 Å². The molecule has 0 saturated heterocycles. The molecule has 2 aliphatic rings. The molecule has 0 bridgehead atoms. The van der Waals surface area contributed by atoms with Crippen LogP contribution < -0.4 is 4.90 Å². The Hall–Kier alpha value is -8.56. The number of thiophene rings is 1. The molecule has 1 aromatic heterocycles. The third-order valence-corrected chi connectivity index (χ3v) is 16.4. The summed E-state index contributed by atoms with van der Waals surface area (Å²) in [6, 6.07) is 93.1. The highest BCUT2D eigenvalue weighted by atomic mass is 32.1. The van der Waals surface area contributed by atoms with Gasteiger partial charge in [-0.25, -0.2) is 0 Å². The van der Waals surface area contributed by atoms with E-state index >= 15 is 0 Å². The van der Waals surface area contributed by atoms with Gasteiger partial charge in [0.1, 0.15) is 0 Å². The van der Waals surface area contributed by atoms with Gasteiger partial charge in [0.2, 0.25) is 0 Å². The lowest BCUT2D eigenvalue weighted by molar-refractivity contribution is 0.794. The Morgan fingerprint density at radius 3 is 1.26 bits per heavy atom. The third-order valence-electron chi connectivity index (χ3n) is 15.3. The van der Waals surface area contributed by atoms with E-state index in [1.807, 2.05) is 11.3 Å². The Balaban J connectivity index is 0.879. The summed E-state index contributed by atoms with van der Waals surface area (Å²) in [4.78, 5) is 2.46. The first-order valence-electron chi connectivity index (χ1n) is 23.9. The molecule has 0 radical (unpaired) electrons. The van der Waals surface area contributed by atoms with Gasteiger partial charge in [0.15, 0.2) is 0 Å². The minimum atomic E-state index is -0.395. The molecule has 1 heterocycles. The second-order valence-electron chi connectivity index (χ2n) is 18.7. The number of benzene rings is 12. The van der Waals surface area contributed by atoms with Crippen molar-refractivity contribution in [1.29, 1.82) is 0 Å². The first-order chi connectivity index (χ1) is 34.2. The predicted molar refractivity (Wildman–Crippen MR) is 294 cm³/mol. The van der Waals surface area contributed by atoms with Crippen LogP contribution in [0.3, 0.4) is 0 Å². The summed E-state index contributed by atoms with van der Waals surface area (Å²) >= 11 is 1.87. The number of hydrogen-bond donors (Lipinski definition) is 0. The van der Waals surface area contributed by atoms with Crippen LogP contribution in [0.4, 0.5) is 17.1 Å². The summed E-state index contributed by atoms with van der Waals surface area (Å²) in [5.41, 5.74) is 18.4. The fourth-order valence-electron chi connectivity index (χ4n) is 12.3. The monoisotopic (exact) mass is 891 g/mol. The van der Waals surface area contributed by atoms with Crippen LogP contribution in [0.5, 0.6) is 0 Å². The zero-order chi connectivity index (χ0) is 45.2. The minimum absolute atomic E-state index is 0.395. The molecule has 69 heavy (non-hydrogen) atoms. The van der Waals surface area contributed by atoms with Gasteiger partial charge >= 0.3 is 0 Å². The van der Waals surface area contributed by atoms with Gasteiger partial charge in [-0.05, 0) is 148 Å². The largest absolute Gasteiger partial charge is 0.310 e. The average Bonchev–Trinajstić information content (AvgIpc) is 4.05. The molecule has 320 valence electrons. The fourth-order valence-corrected chi connectivity index (χ4v) is 13.4. The Morgan fingerprint density at radius 1 is 0.246 bits per heavy atom. The molecule has 0 atom stereocenters. The van der Waals surface area contributed by atoms with E-state index in [4.69, 9.17) is 0 Å². The second kappa shape index (κ2) is 14.7. The summed E-state index contributed by atoms with van der Waals surface area (Å²) in [5.74, 6) is 0. The van der Waals surface area contributed by atoms with Crippen LogP contribution in [0.15, 0.2) is 249 Å². The summed E-state index contributed by atoms with van der Waals surface area (Å²) in [6.07, 6.45) is 0. The quantitative estimate of drug-likeness (QED) is 0.156. The van der Waals surface area contributed by atoms with Gasteiger partial charge in [-0.2, -0.15) is 0 Å². The molecule has 15 rings (SSSR count). The predicted octanol–water partition coefficient (Wildman–Crippen LogP) is 18.7. The van der Waals surface area contributed by atoms with Crippen molar-refractivity contribution in [2.75, 3.05) is 4.90 Å². The van der Waals surface area contributed by atoms with Gasteiger partial charge in [0, 0.05) is 37.2 Å². The molecular weight excluding hydrogens is 851 g/mol. The normalized spacial score (nSPS) is 13.0. The Kier molecular flexibility index (Phi) is 8.22. The van der Waals surface area contributed by atoms with Crippen molar-refractivity contribution >= 4 is 80.9 Å². The van der Waals surface area contributed by atoms with Crippen LogP contribution in [-0.2, 0) is 5.41 Å². The Bertz CT molecular complexity index is 4170. The molecule has 13 aromatic rings. The smallest absolute Gasteiger partial charge is 0.0725 e. The van der Waals surface area contributed by atoms with E-state index in [1.165, 1.54) is 119 Å². The maximum Gasteiger partial charge on any atom is 0.0725 e. The van der Waals surface area contributed by atoms with E-state index in [0.29, 0.717) is 0 Å². The maximum atomic E-state index is 2.46. The first kappa shape index (κ1) is 38.5. The van der Waals surface area contributed by atoms with Crippen LogP contribution in [0.1, 0.15) is 22.3 Å².